The summed E-state index contributed by atoms with van der Waals surface area (Å²) < 4.78 is 0. The summed E-state index contributed by atoms with van der Waals surface area (Å²) in [6.07, 6.45) is 3.84. The minimum atomic E-state index is -0.848. The second kappa shape index (κ2) is 3.95. The molecule has 0 bridgehead atoms. The van der Waals surface area contributed by atoms with Crippen LogP contribution in [0.2, 0.25) is 0 Å². The SMILES string of the molecule is O=C(O)c1cccc2c1NCC1(CCC1)CS2. The van der Waals surface area contributed by atoms with Crippen LogP contribution in [0.15, 0.2) is 23.1 Å². The summed E-state index contributed by atoms with van der Waals surface area (Å²) in [5, 5.41) is 12.6. The summed E-state index contributed by atoms with van der Waals surface area (Å²) in [4.78, 5) is 12.3. The first kappa shape index (κ1) is 11.0. The zero-order valence-corrected chi connectivity index (χ0v) is 10.3. The van der Waals surface area contributed by atoms with Crippen molar-refractivity contribution in [2.45, 2.75) is 24.2 Å². The van der Waals surface area contributed by atoms with Crippen molar-refractivity contribution < 1.29 is 9.90 Å². The molecule has 0 atom stereocenters. The van der Waals surface area contributed by atoms with Gasteiger partial charge in [-0.3, -0.25) is 0 Å². The Labute approximate surface area is 105 Å². The molecule has 0 radical (unpaired) electrons. The lowest BCUT2D eigenvalue weighted by atomic mass is 9.70. The molecule has 17 heavy (non-hydrogen) atoms. The molecule has 0 aromatic heterocycles. The number of nitrogens with one attached hydrogen (secondary N) is 1. The van der Waals surface area contributed by atoms with E-state index in [4.69, 9.17) is 0 Å². The number of carboxylic acids is 1. The number of para-hydroxylation sites is 1. The monoisotopic (exact) mass is 249 g/mol. The van der Waals surface area contributed by atoms with Crippen LogP contribution in [-0.2, 0) is 0 Å². The molecule has 1 aromatic rings. The van der Waals surface area contributed by atoms with Gasteiger partial charge in [0.1, 0.15) is 0 Å². The molecule has 1 aliphatic carbocycles. The molecule has 2 aliphatic rings. The number of rotatable bonds is 1. The lowest BCUT2D eigenvalue weighted by Crippen LogP contribution is -2.38. The smallest absolute Gasteiger partial charge is 0.337 e. The minimum absolute atomic E-state index is 0.395. The second-order valence-electron chi connectivity index (χ2n) is 4.98. The lowest BCUT2D eigenvalue weighted by Gasteiger charge is -2.40. The van der Waals surface area contributed by atoms with Gasteiger partial charge in [-0.05, 0) is 30.4 Å². The maximum atomic E-state index is 11.2. The van der Waals surface area contributed by atoms with Gasteiger partial charge >= 0.3 is 5.97 Å². The summed E-state index contributed by atoms with van der Waals surface area (Å²) in [7, 11) is 0. The van der Waals surface area contributed by atoms with E-state index < -0.39 is 5.97 Å². The average Bonchev–Trinajstić information content (AvgIpc) is 2.47. The highest BCUT2D eigenvalue weighted by Gasteiger charge is 2.38. The molecular weight excluding hydrogens is 234 g/mol. The fourth-order valence-electron chi connectivity index (χ4n) is 2.57. The number of benzene rings is 1. The van der Waals surface area contributed by atoms with Gasteiger partial charge in [-0.2, -0.15) is 0 Å². The molecular formula is C13H15NO2S. The van der Waals surface area contributed by atoms with Crippen molar-refractivity contribution in [3.8, 4) is 0 Å². The van der Waals surface area contributed by atoms with Crippen molar-refractivity contribution in [1.82, 2.24) is 0 Å². The van der Waals surface area contributed by atoms with E-state index in [-0.39, 0.29) is 0 Å². The molecule has 90 valence electrons. The summed E-state index contributed by atoms with van der Waals surface area (Å²) in [6, 6.07) is 5.51. The predicted octanol–water partition coefficient (Wildman–Crippen LogP) is 3.07. The molecule has 4 heteroatoms. The van der Waals surface area contributed by atoms with E-state index >= 15 is 0 Å². The zero-order valence-electron chi connectivity index (χ0n) is 9.53. The van der Waals surface area contributed by atoms with Gasteiger partial charge in [-0.15, -0.1) is 11.8 Å². The van der Waals surface area contributed by atoms with Crippen LogP contribution in [0.4, 0.5) is 5.69 Å². The van der Waals surface area contributed by atoms with Crippen LogP contribution < -0.4 is 5.32 Å². The first-order valence-corrected chi connectivity index (χ1v) is 6.92. The number of fused-ring (bicyclic) bond motifs is 1. The average molecular weight is 249 g/mol. The Morgan fingerprint density at radius 2 is 2.24 bits per heavy atom. The number of carboxylic acid groups (broad SMARTS) is 1. The summed E-state index contributed by atoms with van der Waals surface area (Å²) in [6.45, 7) is 0.914. The second-order valence-corrected chi connectivity index (χ2v) is 6.00. The van der Waals surface area contributed by atoms with Crippen LogP contribution in [0.3, 0.4) is 0 Å². The van der Waals surface area contributed by atoms with Gasteiger partial charge in [0.25, 0.3) is 0 Å². The quantitative estimate of drug-likeness (QED) is 0.803. The van der Waals surface area contributed by atoms with Crippen LogP contribution >= 0.6 is 11.8 Å². The Morgan fingerprint density at radius 3 is 2.88 bits per heavy atom. The highest BCUT2D eigenvalue weighted by Crippen LogP contribution is 2.48. The summed E-state index contributed by atoms with van der Waals surface area (Å²) in [5.74, 6) is 0.260. The number of thioether (sulfide) groups is 1. The van der Waals surface area contributed by atoms with Crippen LogP contribution in [0.1, 0.15) is 29.6 Å². The molecule has 3 nitrogen and oxygen atoms in total. The molecule has 1 heterocycles. The number of hydrogen-bond donors (Lipinski definition) is 2. The van der Waals surface area contributed by atoms with Gasteiger partial charge in [0.15, 0.2) is 0 Å². The van der Waals surface area contributed by atoms with Gasteiger partial charge in [0.05, 0.1) is 11.3 Å². The van der Waals surface area contributed by atoms with Gasteiger partial charge < -0.3 is 10.4 Å². The predicted molar refractivity (Wildman–Crippen MR) is 68.9 cm³/mol. The van der Waals surface area contributed by atoms with Gasteiger partial charge in [0, 0.05) is 17.2 Å². The van der Waals surface area contributed by atoms with Crippen molar-refractivity contribution >= 4 is 23.4 Å². The number of aromatic carboxylic acids is 1. The fourth-order valence-corrected chi connectivity index (χ4v) is 3.92. The van der Waals surface area contributed by atoms with Gasteiger partial charge in [0.2, 0.25) is 0 Å². The molecule has 0 unspecified atom stereocenters. The summed E-state index contributed by atoms with van der Waals surface area (Å²) in [5.41, 5.74) is 1.61. The van der Waals surface area contributed by atoms with E-state index in [1.807, 2.05) is 12.1 Å². The standard InChI is InChI=1S/C13H15NO2S/c15-12(16)9-3-1-4-10-11(9)14-7-13(8-17-10)5-2-6-13/h1,3-4,14H,2,5-8H2,(H,15,16). The van der Waals surface area contributed by atoms with E-state index in [1.165, 1.54) is 19.3 Å². The molecule has 1 aliphatic heterocycles. The van der Waals surface area contributed by atoms with E-state index in [9.17, 15) is 9.90 Å². The fraction of sp³-hybridized carbons (Fsp3) is 0.462. The number of carbonyl (C=O) groups is 1. The third-order valence-electron chi connectivity index (χ3n) is 3.84. The molecule has 1 saturated carbocycles. The van der Waals surface area contributed by atoms with E-state index in [1.54, 1.807) is 17.8 Å². The topological polar surface area (TPSA) is 49.3 Å². The molecule has 1 aromatic carbocycles. The van der Waals surface area contributed by atoms with Crippen LogP contribution in [0, 0.1) is 5.41 Å². The summed E-state index contributed by atoms with van der Waals surface area (Å²) >= 11 is 1.80. The maximum absolute atomic E-state index is 11.2. The largest absolute Gasteiger partial charge is 0.478 e. The van der Waals surface area contributed by atoms with Crippen molar-refractivity contribution in [2.24, 2.45) is 5.41 Å². The third-order valence-corrected chi connectivity index (χ3v) is 5.25. The number of hydrogen-bond acceptors (Lipinski definition) is 3. The van der Waals surface area contributed by atoms with Gasteiger partial charge in [-0.25, -0.2) is 4.79 Å². The first-order chi connectivity index (χ1) is 8.20. The molecule has 2 N–H and O–H groups in total. The van der Waals surface area contributed by atoms with Crippen molar-refractivity contribution in [2.75, 3.05) is 17.6 Å². The van der Waals surface area contributed by atoms with Crippen molar-refractivity contribution in [3.05, 3.63) is 23.8 Å². The molecule has 3 rings (SSSR count). The Kier molecular flexibility index (Phi) is 2.54. The molecule has 1 spiro atoms. The van der Waals surface area contributed by atoms with E-state index in [2.05, 4.69) is 5.32 Å². The Balaban J connectivity index is 1.95. The van der Waals surface area contributed by atoms with Crippen molar-refractivity contribution in [1.29, 1.82) is 0 Å². The molecule has 0 amide bonds. The van der Waals surface area contributed by atoms with Crippen LogP contribution in [0.5, 0.6) is 0 Å². The van der Waals surface area contributed by atoms with Crippen molar-refractivity contribution in [3.63, 3.8) is 0 Å². The zero-order chi connectivity index (χ0) is 11.9. The van der Waals surface area contributed by atoms with E-state index in [0.717, 1.165) is 22.9 Å². The molecule has 0 saturated heterocycles. The number of anilines is 1. The Hall–Kier alpha value is -1.16. The van der Waals surface area contributed by atoms with E-state index in [0.29, 0.717) is 11.0 Å². The highest BCUT2D eigenvalue weighted by atomic mass is 32.2. The third kappa shape index (κ3) is 1.80. The Morgan fingerprint density at radius 1 is 1.41 bits per heavy atom. The molecule has 1 fully saturated rings. The maximum Gasteiger partial charge on any atom is 0.337 e. The normalized spacial score (nSPS) is 20.9. The highest BCUT2D eigenvalue weighted by molar-refractivity contribution is 7.99. The first-order valence-electron chi connectivity index (χ1n) is 5.93. The Bertz CT molecular complexity index is 468. The van der Waals surface area contributed by atoms with Crippen LogP contribution in [-0.4, -0.2) is 23.4 Å². The van der Waals surface area contributed by atoms with Gasteiger partial charge in [-0.1, -0.05) is 12.5 Å². The van der Waals surface area contributed by atoms with Crippen LogP contribution in [0.25, 0.3) is 0 Å². The lowest BCUT2D eigenvalue weighted by molar-refractivity contribution is 0.0697. The minimum Gasteiger partial charge on any atom is -0.478 e.